The summed E-state index contributed by atoms with van der Waals surface area (Å²) in [5.41, 5.74) is 0. The molecule has 0 radical (unpaired) electrons. The van der Waals surface area contributed by atoms with Gasteiger partial charge in [-0.05, 0) is 38.5 Å². The molecular formula is C24H46. The second-order valence-electron chi connectivity index (χ2n) is 7.43. The number of rotatable bonds is 20. The normalized spacial score (nSPS) is 11.4. The SMILES string of the molecule is C=CCCCCCCCCC=CCCCCCCCCCCCC. The van der Waals surface area contributed by atoms with E-state index in [1.54, 1.807) is 0 Å². The van der Waals surface area contributed by atoms with Gasteiger partial charge < -0.3 is 0 Å². The third kappa shape index (κ3) is 21.5. The Morgan fingerprint density at radius 2 is 0.792 bits per heavy atom. The predicted molar refractivity (Wildman–Crippen MR) is 113 cm³/mol. The lowest BCUT2D eigenvalue weighted by Gasteiger charge is -2.01. The first-order valence-electron chi connectivity index (χ1n) is 11.2. The van der Waals surface area contributed by atoms with Gasteiger partial charge in [0.1, 0.15) is 0 Å². The zero-order chi connectivity index (χ0) is 17.6. The predicted octanol–water partition coefficient (Wildman–Crippen LogP) is 9.16. The van der Waals surface area contributed by atoms with Crippen molar-refractivity contribution in [1.29, 1.82) is 0 Å². The summed E-state index contributed by atoms with van der Waals surface area (Å²) in [4.78, 5) is 0. The molecule has 0 unspecified atom stereocenters. The Bertz CT molecular complexity index is 251. The van der Waals surface area contributed by atoms with Gasteiger partial charge in [0.15, 0.2) is 0 Å². The van der Waals surface area contributed by atoms with E-state index in [1.807, 2.05) is 6.08 Å². The van der Waals surface area contributed by atoms with Crippen LogP contribution in [0.25, 0.3) is 0 Å². The second-order valence-corrected chi connectivity index (χ2v) is 7.43. The van der Waals surface area contributed by atoms with Crippen LogP contribution in [-0.4, -0.2) is 0 Å². The van der Waals surface area contributed by atoms with Gasteiger partial charge in [0.25, 0.3) is 0 Å². The van der Waals surface area contributed by atoms with E-state index < -0.39 is 0 Å². The lowest BCUT2D eigenvalue weighted by atomic mass is 10.1. The van der Waals surface area contributed by atoms with Crippen molar-refractivity contribution in [3.8, 4) is 0 Å². The zero-order valence-electron chi connectivity index (χ0n) is 16.9. The molecule has 0 rings (SSSR count). The quantitative estimate of drug-likeness (QED) is 0.154. The molecule has 0 nitrogen and oxygen atoms in total. The molecule has 0 aliphatic heterocycles. The maximum absolute atomic E-state index is 3.77. The first-order valence-corrected chi connectivity index (χ1v) is 11.2. The molecule has 0 N–H and O–H groups in total. The van der Waals surface area contributed by atoms with Crippen LogP contribution in [0.4, 0.5) is 0 Å². The maximum Gasteiger partial charge on any atom is -0.0351 e. The average Bonchev–Trinajstić information content (AvgIpc) is 2.60. The van der Waals surface area contributed by atoms with Gasteiger partial charge >= 0.3 is 0 Å². The molecule has 0 fully saturated rings. The van der Waals surface area contributed by atoms with Crippen LogP contribution >= 0.6 is 0 Å². The Labute approximate surface area is 154 Å². The van der Waals surface area contributed by atoms with E-state index in [0.29, 0.717) is 0 Å². The lowest BCUT2D eigenvalue weighted by molar-refractivity contribution is 0.557. The molecule has 0 spiro atoms. The Kier molecular flexibility index (Phi) is 22.0. The molecule has 0 heterocycles. The first kappa shape index (κ1) is 23.5. The van der Waals surface area contributed by atoms with E-state index in [1.165, 1.54) is 122 Å². The summed E-state index contributed by atoms with van der Waals surface area (Å²) < 4.78 is 0. The molecule has 0 aromatic carbocycles. The molecule has 0 aromatic rings. The van der Waals surface area contributed by atoms with E-state index >= 15 is 0 Å². The molecule has 0 bridgehead atoms. The monoisotopic (exact) mass is 334 g/mol. The van der Waals surface area contributed by atoms with E-state index in [0.717, 1.165) is 0 Å². The smallest absolute Gasteiger partial charge is 0.0351 e. The summed E-state index contributed by atoms with van der Waals surface area (Å²) in [7, 11) is 0. The molecule has 0 aliphatic rings. The van der Waals surface area contributed by atoms with Crippen LogP contribution in [0.2, 0.25) is 0 Å². The Morgan fingerprint density at radius 1 is 0.458 bits per heavy atom. The second kappa shape index (κ2) is 22.5. The number of hydrogen-bond acceptors (Lipinski definition) is 0. The molecular weight excluding hydrogens is 288 g/mol. The summed E-state index contributed by atoms with van der Waals surface area (Å²) in [6.07, 6.45) is 33.4. The summed E-state index contributed by atoms with van der Waals surface area (Å²) >= 11 is 0. The fourth-order valence-corrected chi connectivity index (χ4v) is 3.24. The highest BCUT2D eigenvalue weighted by Crippen LogP contribution is 2.12. The first-order chi connectivity index (χ1) is 11.9. The van der Waals surface area contributed by atoms with Crippen molar-refractivity contribution >= 4 is 0 Å². The molecule has 0 saturated heterocycles. The highest BCUT2D eigenvalue weighted by Gasteiger charge is 1.92. The van der Waals surface area contributed by atoms with Gasteiger partial charge in [-0.25, -0.2) is 0 Å². The van der Waals surface area contributed by atoms with Gasteiger partial charge in [-0.2, -0.15) is 0 Å². The van der Waals surface area contributed by atoms with Crippen LogP contribution in [0.1, 0.15) is 129 Å². The maximum atomic E-state index is 3.77. The average molecular weight is 335 g/mol. The van der Waals surface area contributed by atoms with Crippen molar-refractivity contribution in [3.63, 3.8) is 0 Å². The van der Waals surface area contributed by atoms with E-state index in [-0.39, 0.29) is 0 Å². The Balaban J connectivity index is 3.05. The number of allylic oxidation sites excluding steroid dienone is 3. The van der Waals surface area contributed by atoms with Crippen LogP contribution in [0.5, 0.6) is 0 Å². The number of hydrogen-bond donors (Lipinski definition) is 0. The highest BCUT2D eigenvalue weighted by molar-refractivity contribution is 4.81. The fraction of sp³-hybridized carbons (Fsp3) is 0.833. The molecule has 24 heavy (non-hydrogen) atoms. The molecule has 0 heteroatoms. The van der Waals surface area contributed by atoms with Gasteiger partial charge in [-0.3, -0.25) is 0 Å². The summed E-state index contributed by atoms with van der Waals surface area (Å²) in [5, 5.41) is 0. The van der Waals surface area contributed by atoms with Crippen LogP contribution in [-0.2, 0) is 0 Å². The van der Waals surface area contributed by atoms with Crippen LogP contribution in [0.3, 0.4) is 0 Å². The molecule has 0 atom stereocenters. The Hall–Kier alpha value is -0.520. The van der Waals surface area contributed by atoms with Crippen molar-refractivity contribution in [3.05, 3.63) is 24.8 Å². The summed E-state index contributed by atoms with van der Waals surface area (Å²) in [6.45, 7) is 6.07. The molecule has 0 saturated carbocycles. The minimum Gasteiger partial charge on any atom is -0.103 e. The standard InChI is InChI=1S/C24H46/c1-3-5-7-9-11-13-15-17-19-21-23-24-22-20-18-16-14-12-10-8-6-4-2/h3,21,23H,1,4-20,22,24H2,2H3. The molecule has 0 aromatic heterocycles. The van der Waals surface area contributed by atoms with Crippen molar-refractivity contribution in [1.82, 2.24) is 0 Å². The van der Waals surface area contributed by atoms with Crippen LogP contribution in [0, 0.1) is 0 Å². The highest BCUT2D eigenvalue weighted by atomic mass is 14.0. The van der Waals surface area contributed by atoms with Crippen molar-refractivity contribution in [2.45, 2.75) is 129 Å². The van der Waals surface area contributed by atoms with Crippen molar-refractivity contribution in [2.24, 2.45) is 0 Å². The van der Waals surface area contributed by atoms with Gasteiger partial charge in [0.05, 0.1) is 0 Å². The minimum atomic E-state index is 1.20. The molecule has 0 amide bonds. The third-order valence-electron chi connectivity index (χ3n) is 4.92. The van der Waals surface area contributed by atoms with E-state index in [9.17, 15) is 0 Å². The molecule has 0 aliphatic carbocycles. The Morgan fingerprint density at radius 3 is 1.17 bits per heavy atom. The fourth-order valence-electron chi connectivity index (χ4n) is 3.24. The lowest BCUT2D eigenvalue weighted by Crippen LogP contribution is -1.81. The summed E-state index contributed by atoms with van der Waals surface area (Å²) in [5.74, 6) is 0. The van der Waals surface area contributed by atoms with Gasteiger partial charge in [-0.1, -0.05) is 109 Å². The van der Waals surface area contributed by atoms with Gasteiger partial charge in [0, 0.05) is 0 Å². The van der Waals surface area contributed by atoms with Crippen LogP contribution < -0.4 is 0 Å². The molecule has 142 valence electrons. The van der Waals surface area contributed by atoms with Crippen molar-refractivity contribution < 1.29 is 0 Å². The van der Waals surface area contributed by atoms with E-state index in [2.05, 4.69) is 25.7 Å². The number of unbranched alkanes of at least 4 members (excludes halogenated alkanes) is 17. The summed E-state index contributed by atoms with van der Waals surface area (Å²) in [6, 6.07) is 0. The minimum absolute atomic E-state index is 1.20. The van der Waals surface area contributed by atoms with Crippen LogP contribution in [0.15, 0.2) is 24.8 Å². The van der Waals surface area contributed by atoms with Crippen molar-refractivity contribution in [2.75, 3.05) is 0 Å². The largest absolute Gasteiger partial charge is 0.103 e. The third-order valence-corrected chi connectivity index (χ3v) is 4.92. The zero-order valence-corrected chi connectivity index (χ0v) is 16.9. The van der Waals surface area contributed by atoms with E-state index in [4.69, 9.17) is 0 Å². The topological polar surface area (TPSA) is 0 Å². The van der Waals surface area contributed by atoms with Gasteiger partial charge in [0.2, 0.25) is 0 Å². The van der Waals surface area contributed by atoms with Gasteiger partial charge in [-0.15, -0.1) is 6.58 Å².